The van der Waals surface area contributed by atoms with E-state index in [1.807, 2.05) is 19.2 Å². The summed E-state index contributed by atoms with van der Waals surface area (Å²) in [5.41, 5.74) is 2.14. The van der Waals surface area contributed by atoms with Gasteiger partial charge < -0.3 is 15.5 Å². The van der Waals surface area contributed by atoms with E-state index in [9.17, 15) is 4.79 Å². The van der Waals surface area contributed by atoms with Crippen molar-refractivity contribution in [2.45, 2.75) is 38.5 Å². The lowest BCUT2D eigenvalue weighted by molar-refractivity contribution is -0.116. The molecule has 1 aromatic rings. The van der Waals surface area contributed by atoms with Crippen LogP contribution in [-0.4, -0.2) is 32.6 Å². The van der Waals surface area contributed by atoms with Crippen LogP contribution in [0, 0.1) is 0 Å². The lowest BCUT2D eigenvalue weighted by atomic mass is 10.2. The van der Waals surface area contributed by atoms with Crippen molar-refractivity contribution >= 4 is 17.3 Å². The van der Waals surface area contributed by atoms with Crippen LogP contribution in [0.5, 0.6) is 0 Å². The minimum Gasteiger partial charge on any atom is -0.371 e. The molecule has 1 heterocycles. The van der Waals surface area contributed by atoms with Crippen LogP contribution in [0.3, 0.4) is 0 Å². The predicted molar refractivity (Wildman–Crippen MR) is 88.9 cm³/mol. The average molecular weight is 289 g/mol. The summed E-state index contributed by atoms with van der Waals surface area (Å²) in [6, 6.07) is 8.24. The maximum atomic E-state index is 11.9. The monoisotopic (exact) mass is 289 g/mol. The molecule has 0 radical (unpaired) electrons. The Bertz CT molecular complexity index is 439. The maximum Gasteiger partial charge on any atom is 0.224 e. The van der Waals surface area contributed by atoms with E-state index in [1.54, 1.807) is 0 Å². The molecule has 2 rings (SSSR count). The lowest BCUT2D eigenvalue weighted by Gasteiger charge is -2.23. The average Bonchev–Trinajstić information content (AvgIpc) is 2.77. The first-order valence-electron chi connectivity index (χ1n) is 8.09. The van der Waals surface area contributed by atoms with Gasteiger partial charge in [-0.05, 0) is 51.1 Å². The zero-order valence-electron chi connectivity index (χ0n) is 13.0. The summed E-state index contributed by atoms with van der Waals surface area (Å²) >= 11 is 0. The molecule has 21 heavy (non-hydrogen) atoms. The first-order chi connectivity index (χ1) is 10.3. The van der Waals surface area contributed by atoms with Crippen molar-refractivity contribution in [3.8, 4) is 0 Å². The van der Waals surface area contributed by atoms with Crippen molar-refractivity contribution in [2.24, 2.45) is 0 Å². The molecule has 0 aromatic heterocycles. The van der Waals surface area contributed by atoms with Gasteiger partial charge in [0.25, 0.3) is 0 Å². The molecule has 1 aromatic carbocycles. The van der Waals surface area contributed by atoms with E-state index >= 15 is 0 Å². The minimum absolute atomic E-state index is 0.0956. The Balaban J connectivity index is 1.92. The molecule has 1 saturated heterocycles. The number of hydrogen-bond donors (Lipinski definition) is 2. The number of hydrogen-bond acceptors (Lipinski definition) is 3. The standard InChI is InChI=1S/C17H27N3O/c1-18-11-7-10-17(21)19-15-8-6-9-16(14-15)20-12-4-2-3-5-13-20/h6,8-9,14,18H,2-5,7,10-13H2,1H3,(H,19,21). The molecule has 1 fully saturated rings. The molecule has 1 aliphatic rings. The molecule has 1 amide bonds. The highest BCUT2D eigenvalue weighted by Gasteiger charge is 2.10. The van der Waals surface area contributed by atoms with Crippen LogP contribution in [0.4, 0.5) is 11.4 Å². The van der Waals surface area contributed by atoms with Crippen molar-refractivity contribution in [2.75, 3.05) is 36.9 Å². The molecule has 4 nitrogen and oxygen atoms in total. The third-order valence-corrected chi connectivity index (χ3v) is 3.93. The van der Waals surface area contributed by atoms with E-state index in [1.165, 1.54) is 31.4 Å². The Kier molecular flexibility index (Phi) is 6.54. The van der Waals surface area contributed by atoms with Crippen LogP contribution in [-0.2, 0) is 4.79 Å². The van der Waals surface area contributed by atoms with E-state index in [4.69, 9.17) is 0 Å². The molecule has 0 saturated carbocycles. The molecular formula is C17H27N3O. The zero-order valence-corrected chi connectivity index (χ0v) is 13.0. The molecule has 0 bridgehead atoms. The summed E-state index contributed by atoms with van der Waals surface area (Å²) in [5.74, 6) is 0.0956. The molecule has 0 unspecified atom stereocenters. The molecule has 116 valence electrons. The molecule has 2 N–H and O–H groups in total. The van der Waals surface area contributed by atoms with Gasteiger partial charge in [0.15, 0.2) is 0 Å². The van der Waals surface area contributed by atoms with E-state index in [0.29, 0.717) is 6.42 Å². The van der Waals surface area contributed by atoms with Gasteiger partial charge in [0.2, 0.25) is 5.91 Å². The number of rotatable bonds is 6. The highest BCUT2D eigenvalue weighted by atomic mass is 16.1. The van der Waals surface area contributed by atoms with Crippen molar-refractivity contribution in [3.63, 3.8) is 0 Å². The van der Waals surface area contributed by atoms with Gasteiger partial charge >= 0.3 is 0 Å². The second-order valence-electron chi connectivity index (χ2n) is 5.71. The molecule has 0 spiro atoms. The number of amides is 1. The van der Waals surface area contributed by atoms with Crippen LogP contribution in [0.2, 0.25) is 0 Å². The summed E-state index contributed by atoms with van der Waals surface area (Å²) in [6.07, 6.45) is 6.63. The number of benzene rings is 1. The number of nitrogens with zero attached hydrogens (tertiary/aromatic N) is 1. The maximum absolute atomic E-state index is 11.9. The topological polar surface area (TPSA) is 44.4 Å². The van der Waals surface area contributed by atoms with Crippen LogP contribution < -0.4 is 15.5 Å². The van der Waals surface area contributed by atoms with Crippen molar-refractivity contribution < 1.29 is 4.79 Å². The van der Waals surface area contributed by atoms with Crippen LogP contribution in [0.25, 0.3) is 0 Å². The quantitative estimate of drug-likeness (QED) is 0.791. The van der Waals surface area contributed by atoms with Gasteiger partial charge in [0, 0.05) is 30.9 Å². The second-order valence-corrected chi connectivity index (χ2v) is 5.71. The number of nitrogens with one attached hydrogen (secondary N) is 2. The van der Waals surface area contributed by atoms with Gasteiger partial charge in [-0.15, -0.1) is 0 Å². The second kappa shape index (κ2) is 8.67. The minimum atomic E-state index is 0.0956. The number of carbonyl (C=O) groups excluding carboxylic acids is 1. The third-order valence-electron chi connectivity index (χ3n) is 3.93. The predicted octanol–water partition coefficient (Wildman–Crippen LogP) is 3.01. The van der Waals surface area contributed by atoms with E-state index < -0.39 is 0 Å². The number of carbonyl (C=O) groups is 1. The highest BCUT2D eigenvalue weighted by molar-refractivity contribution is 5.91. The Morgan fingerprint density at radius 3 is 2.67 bits per heavy atom. The molecule has 4 heteroatoms. The summed E-state index contributed by atoms with van der Waals surface area (Å²) in [4.78, 5) is 14.3. The zero-order chi connectivity index (χ0) is 14.9. The van der Waals surface area contributed by atoms with Crippen molar-refractivity contribution in [3.05, 3.63) is 24.3 Å². The summed E-state index contributed by atoms with van der Waals surface area (Å²) in [6.45, 7) is 3.13. The van der Waals surface area contributed by atoms with Gasteiger partial charge in [-0.3, -0.25) is 4.79 Å². The smallest absolute Gasteiger partial charge is 0.224 e. The van der Waals surface area contributed by atoms with Gasteiger partial charge in [-0.1, -0.05) is 18.9 Å². The van der Waals surface area contributed by atoms with Crippen LogP contribution in [0.15, 0.2) is 24.3 Å². The number of anilines is 2. The summed E-state index contributed by atoms with van der Waals surface area (Å²) in [7, 11) is 1.91. The van der Waals surface area contributed by atoms with Crippen molar-refractivity contribution in [1.29, 1.82) is 0 Å². The van der Waals surface area contributed by atoms with Gasteiger partial charge in [0.1, 0.15) is 0 Å². The normalized spacial score (nSPS) is 15.6. The van der Waals surface area contributed by atoms with E-state index in [2.05, 4.69) is 27.7 Å². The summed E-state index contributed by atoms with van der Waals surface area (Å²) in [5, 5.41) is 6.06. The largest absolute Gasteiger partial charge is 0.371 e. The summed E-state index contributed by atoms with van der Waals surface area (Å²) < 4.78 is 0. The Morgan fingerprint density at radius 1 is 1.19 bits per heavy atom. The first kappa shape index (κ1) is 15.8. The fourth-order valence-electron chi connectivity index (χ4n) is 2.76. The highest BCUT2D eigenvalue weighted by Crippen LogP contribution is 2.22. The molecular weight excluding hydrogens is 262 g/mol. The van der Waals surface area contributed by atoms with Crippen LogP contribution >= 0.6 is 0 Å². The molecule has 0 atom stereocenters. The Labute approximate surface area is 127 Å². The molecule has 0 aliphatic carbocycles. The van der Waals surface area contributed by atoms with Gasteiger partial charge in [-0.25, -0.2) is 0 Å². The van der Waals surface area contributed by atoms with Gasteiger partial charge in [-0.2, -0.15) is 0 Å². The fraction of sp³-hybridized carbons (Fsp3) is 0.588. The van der Waals surface area contributed by atoms with E-state index in [0.717, 1.165) is 31.7 Å². The third kappa shape index (κ3) is 5.38. The fourth-order valence-corrected chi connectivity index (χ4v) is 2.76. The lowest BCUT2D eigenvalue weighted by Crippen LogP contribution is -2.24. The Hall–Kier alpha value is -1.55. The van der Waals surface area contributed by atoms with Crippen LogP contribution in [0.1, 0.15) is 38.5 Å². The van der Waals surface area contributed by atoms with E-state index in [-0.39, 0.29) is 5.91 Å². The van der Waals surface area contributed by atoms with Gasteiger partial charge in [0.05, 0.1) is 0 Å². The van der Waals surface area contributed by atoms with Crippen molar-refractivity contribution in [1.82, 2.24) is 5.32 Å². The molecule has 1 aliphatic heterocycles. The Morgan fingerprint density at radius 2 is 1.95 bits per heavy atom. The first-order valence-corrected chi connectivity index (χ1v) is 8.09. The SMILES string of the molecule is CNCCCC(=O)Nc1cccc(N2CCCCCC2)c1.